The number of carboxylic acid groups (broad SMARTS) is 1. The molecule has 4 nitrogen and oxygen atoms in total. The Hall–Kier alpha value is -2.01. The summed E-state index contributed by atoms with van der Waals surface area (Å²) in [7, 11) is 3.99. The van der Waals surface area contributed by atoms with E-state index < -0.39 is 5.97 Å². The van der Waals surface area contributed by atoms with Gasteiger partial charge in [0.15, 0.2) is 0 Å². The van der Waals surface area contributed by atoms with Crippen LogP contribution < -0.4 is 10.2 Å². The highest BCUT2D eigenvalue weighted by Crippen LogP contribution is 2.28. The summed E-state index contributed by atoms with van der Waals surface area (Å²) in [6.07, 6.45) is 0. The molecule has 0 aliphatic rings. The van der Waals surface area contributed by atoms with Gasteiger partial charge < -0.3 is 15.3 Å². The van der Waals surface area contributed by atoms with Crippen molar-refractivity contribution in [3.63, 3.8) is 0 Å². The first kappa shape index (κ1) is 15.4. The van der Waals surface area contributed by atoms with E-state index in [1.54, 1.807) is 12.1 Å². The van der Waals surface area contributed by atoms with Gasteiger partial charge in [-0.25, -0.2) is 4.79 Å². The average molecular weight is 349 g/mol. The molecule has 0 radical (unpaired) electrons. The Bertz CT molecular complexity index is 639. The number of halogens is 1. The number of carboxylic acids is 1. The second kappa shape index (κ2) is 6.63. The van der Waals surface area contributed by atoms with Crippen LogP contribution in [0.2, 0.25) is 0 Å². The zero-order valence-corrected chi connectivity index (χ0v) is 13.5. The minimum Gasteiger partial charge on any atom is -0.478 e. The lowest BCUT2D eigenvalue weighted by atomic mass is 10.1. The van der Waals surface area contributed by atoms with Gasteiger partial charge in [-0.15, -0.1) is 0 Å². The van der Waals surface area contributed by atoms with Gasteiger partial charge in [-0.3, -0.25) is 0 Å². The predicted octanol–water partition coefficient (Wildman–Crippen LogP) is 3.83. The molecule has 0 aliphatic carbocycles. The van der Waals surface area contributed by atoms with Crippen LogP contribution >= 0.6 is 15.9 Å². The van der Waals surface area contributed by atoms with Crippen LogP contribution in [0, 0.1) is 0 Å². The normalized spacial score (nSPS) is 10.2. The molecule has 0 bridgehead atoms. The summed E-state index contributed by atoms with van der Waals surface area (Å²) < 4.78 is 1.01. The molecule has 0 saturated heterocycles. The van der Waals surface area contributed by atoms with Gasteiger partial charge in [0.2, 0.25) is 0 Å². The van der Waals surface area contributed by atoms with Crippen molar-refractivity contribution < 1.29 is 9.90 Å². The van der Waals surface area contributed by atoms with Gasteiger partial charge in [0.25, 0.3) is 0 Å². The molecule has 2 N–H and O–H groups in total. The number of hydrogen-bond donors (Lipinski definition) is 2. The van der Waals surface area contributed by atoms with Crippen LogP contribution in [0.1, 0.15) is 15.9 Å². The third kappa shape index (κ3) is 3.98. The van der Waals surface area contributed by atoms with Gasteiger partial charge >= 0.3 is 5.97 Å². The van der Waals surface area contributed by atoms with Crippen molar-refractivity contribution in [1.82, 2.24) is 0 Å². The van der Waals surface area contributed by atoms with Crippen molar-refractivity contribution in [3.8, 4) is 0 Å². The number of nitrogens with zero attached hydrogens (tertiary/aromatic N) is 1. The number of anilines is 2. The van der Waals surface area contributed by atoms with Crippen molar-refractivity contribution >= 4 is 33.3 Å². The SMILES string of the molecule is CN(C)c1ccc(Br)cc1NCc1ccc(C(=O)O)cc1. The Morgan fingerprint density at radius 2 is 1.86 bits per heavy atom. The largest absolute Gasteiger partial charge is 0.478 e. The Balaban J connectivity index is 2.12. The molecule has 0 heterocycles. The molecule has 5 heteroatoms. The van der Waals surface area contributed by atoms with Gasteiger partial charge in [0.05, 0.1) is 16.9 Å². The van der Waals surface area contributed by atoms with Crippen molar-refractivity contribution in [2.75, 3.05) is 24.3 Å². The first-order valence-electron chi connectivity index (χ1n) is 6.50. The molecule has 0 aromatic heterocycles. The fourth-order valence-electron chi connectivity index (χ4n) is 2.00. The molecule has 0 fully saturated rings. The summed E-state index contributed by atoms with van der Waals surface area (Å²) in [4.78, 5) is 12.9. The number of rotatable bonds is 5. The first-order chi connectivity index (χ1) is 9.97. The van der Waals surface area contributed by atoms with E-state index in [-0.39, 0.29) is 0 Å². The lowest BCUT2D eigenvalue weighted by molar-refractivity contribution is 0.0697. The quantitative estimate of drug-likeness (QED) is 0.862. The van der Waals surface area contributed by atoms with Gasteiger partial charge in [-0.1, -0.05) is 28.1 Å². The van der Waals surface area contributed by atoms with Crippen LogP contribution in [0.4, 0.5) is 11.4 Å². The Labute approximate surface area is 132 Å². The number of carbonyl (C=O) groups is 1. The highest BCUT2D eigenvalue weighted by Gasteiger charge is 2.06. The Morgan fingerprint density at radius 3 is 2.43 bits per heavy atom. The highest BCUT2D eigenvalue weighted by atomic mass is 79.9. The van der Waals surface area contributed by atoms with E-state index in [4.69, 9.17) is 5.11 Å². The second-order valence-electron chi connectivity index (χ2n) is 4.91. The number of hydrogen-bond acceptors (Lipinski definition) is 3. The molecular formula is C16H17BrN2O2. The van der Waals surface area contributed by atoms with E-state index in [0.29, 0.717) is 12.1 Å². The molecule has 2 aromatic carbocycles. The summed E-state index contributed by atoms with van der Waals surface area (Å²) in [6.45, 7) is 0.636. The van der Waals surface area contributed by atoms with E-state index in [2.05, 4.69) is 21.2 Å². The van der Waals surface area contributed by atoms with Crippen LogP contribution in [0.25, 0.3) is 0 Å². The summed E-state index contributed by atoms with van der Waals surface area (Å²) in [5.74, 6) is -0.906. The minimum atomic E-state index is -0.906. The average Bonchev–Trinajstić information content (AvgIpc) is 2.45. The van der Waals surface area contributed by atoms with E-state index in [9.17, 15) is 4.79 Å². The van der Waals surface area contributed by atoms with Crippen LogP contribution in [0.5, 0.6) is 0 Å². The van der Waals surface area contributed by atoms with Crippen molar-refractivity contribution in [2.24, 2.45) is 0 Å². The van der Waals surface area contributed by atoms with Crippen LogP contribution in [-0.2, 0) is 6.54 Å². The zero-order chi connectivity index (χ0) is 15.4. The smallest absolute Gasteiger partial charge is 0.335 e. The van der Waals surface area contributed by atoms with Crippen molar-refractivity contribution in [3.05, 3.63) is 58.1 Å². The predicted molar refractivity (Wildman–Crippen MR) is 89.2 cm³/mol. The third-order valence-electron chi connectivity index (χ3n) is 3.12. The highest BCUT2D eigenvalue weighted by molar-refractivity contribution is 9.10. The van der Waals surface area contributed by atoms with E-state index in [1.165, 1.54) is 0 Å². The monoisotopic (exact) mass is 348 g/mol. The zero-order valence-electron chi connectivity index (χ0n) is 11.9. The Morgan fingerprint density at radius 1 is 1.19 bits per heavy atom. The molecule has 21 heavy (non-hydrogen) atoms. The molecular weight excluding hydrogens is 332 g/mol. The molecule has 0 atom stereocenters. The summed E-state index contributed by atoms with van der Waals surface area (Å²) in [5, 5.41) is 12.3. The summed E-state index contributed by atoms with van der Waals surface area (Å²) in [6, 6.07) is 13.0. The molecule has 2 aromatic rings. The molecule has 2 rings (SSSR count). The third-order valence-corrected chi connectivity index (χ3v) is 3.62. The Kier molecular flexibility index (Phi) is 4.85. The fourth-order valence-corrected chi connectivity index (χ4v) is 2.36. The van der Waals surface area contributed by atoms with Crippen molar-refractivity contribution in [2.45, 2.75) is 6.54 Å². The van der Waals surface area contributed by atoms with Gasteiger partial charge in [-0.05, 0) is 35.9 Å². The van der Waals surface area contributed by atoms with Crippen LogP contribution in [0.3, 0.4) is 0 Å². The van der Waals surface area contributed by atoms with E-state index in [0.717, 1.165) is 21.4 Å². The molecule has 0 unspecified atom stereocenters. The van der Waals surface area contributed by atoms with E-state index in [1.807, 2.05) is 49.3 Å². The summed E-state index contributed by atoms with van der Waals surface area (Å²) >= 11 is 3.47. The van der Waals surface area contributed by atoms with E-state index >= 15 is 0 Å². The first-order valence-corrected chi connectivity index (χ1v) is 7.29. The molecule has 110 valence electrons. The number of nitrogens with one attached hydrogen (secondary N) is 1. The van der Waals surface area contributed by atoms with Gasteiger partial charge in [0, 0.05) is 25.1 Å². The second-order valence-corrected chi connectivity index (χ2v) is 5.83. The lowest BCUT2D eigenvalue weighted by Crippen LogP contribution is -2.12. The van der Waals surface area contributed by atoms with Crippen LogP contribution in [0.15, 0.2) is 46.9 Å². The van der Waals surface area contributed by atoms with Crippen LogP contribution in [-0.4, -0.2) is 25.2 Å². The number of benzene rings is 2. The molecule has 0 aliphatic heterocycles. The maximum absolute atomic E-state index is 10.8. The lowest BCUT2D eigenvalue weighted by Gasteiger charge is -2.19. The summed E-state index contributed by atoms with van der Waals surface area (Å²) in [5.41, 5.74) is 3.46. The minimum absolute atomic E-state index is 0.301. The van der Waals surface area contributed by atoms with Crippen molar-refractivity contribution in [1.29, 1.82) is 0 Å². The standard InChI is InChI=1S/C16H17BrN2O2/c1-19(2)15-8-7-13(17)9-14(15)18-10-11-3-5-12(6-4-11)16(20)21/h3-9,18H,10H2,1-2H3,(H,20,21). The maximum Gasteiger partial charge on any atom is 0.335 e. The number of aromatic carboxylic acids is 1. The topological polar surface area (TPSA) is 52.6 Å². The maximum atomic E-state index is 10.8. The van der Waals surface area contributed by atoms with Gasteiger partial charge in [-0.2, -0.15) is 0 Å². The molecule has 0 saturated carbocycles. The fraction of sp³-hybridized carbons (Fsp3) is 0.188. The molecule has 0 spiro atoms. The van der Waals surface area contributed by atoms with Gasteiger partial charge in [0.1, 0.15) is 0 Å². The molecule has 0 amide bonds.